The van der Waals surface area contributed by atoms with E-state index in [0.717, 1.165) is 0 Å². The molecule has 0 aliphatic heterocycles. The van der Waals surface area contributed by atoms with Crippen LogP contribution in [0.25, 0.3) is 16.8 Å². The first-order chi connectivity index (χ1) is 7.74. The molecule has 2 aromatic rings. The third-order valence-corrected chi connectivity index (χ3v) is 3.52. The van der Waals surface area contributed by atoms with Gasteiger partial charge in [-0.05, 0) is 47.2 Å². The maximum atomic E-state index is 2.36. The fraction of sp³-hybridized carbons (Fsp3) is 0.250. The molecule has 0 spiro atoms. The second-order valence-electron chi connectivity index (χ2n) is 4.87. The molecule has 0 amide bonds. The molecule has 16 heavy (non-hydrogen) atoms. The van der Waals surface area contributed by atoms with Crippen molar-refractivity contribution in [1.82, 2.24) is 0 Å². The van der Waals surface area contributed by atoms with Crippen LogP contribution in [0, 0.1) is 6.92 Å². The molecule has 0 fully saturated rings. The van der Waals surface area contributed by atoms with Gasteiger partial charge in [0.1, 0.15) is 0 Å². The number of hydrogen-bond acceptors (Lipinski definition) is 0. The first kappa shape index (κ1) is 9.65. The van der Waals surface area contributed by atoms with Crippen LogP contribution in [-0.4, -0.2) is 0 Å². The van der Waals surface area contributed by atoms with Gasteiger partial charge in [-0.25, -0.2) is 0 Å². The molecular formula is C16H16. The van der Waals surface area contributed by atoms with Crippen LogP contribution < -0.4 is 0 Å². The van der Waals surface area contributed by atoms with Crippen LogP contribution in [0.4, 0.5) is 0 Å². The lowest BCUT2D eigenvalue weighted by Crippen LogP contribution is -1.99. The van der Waals surface area contributed by atoms with Crippen LogP contribution in [0.3, 0.4) is 0 Å². The third kappa shape index (κ3) is 1.46. The lowest BCUT2D eigenvalue weighted by molar-refractivity contribution is 0.773. The Kier molecular flexibility index (Phi) is 2.10. The molecule has 0 unspecified atom stereocenters. The van der Waals surface area contributed by atoms with Crippen molar-refractivity contribution in [2.75, 3.05) is 0 Å². The normalized spacial score (nSPS) is 18.8. The van der Waals surface area contributed by atoms with Crippen LogP contribution in [0.5, 0.6) is 0 Å². The molecule has 0 heterocycles. The van der Waals surface area contributed by atoms with Crippen LogP contribution in [0.15, 0.2) is 36.4 Å². The van der Waals surface area contributed by atoms with Gasteiger partial charge in [-0.15, -0.1) is 0 Å². The van der Waals surface area contributed by atoms with E-state index in [0.29, 0.717) is 5.92 Å². The maximum Gasteiger partial charge on any atom is -0.0150 e. The molecule has 3 rings (SSSR count). The van der Waals surface area contributed by atoms with Gasteiger partial charge >= 0.3 is 0 Å². The van der Waals surface area contributed by atoms with Crippen LogP contribution in [-0.2, 0) is 0 Å². The first-order valence-corrected chi connectivity index (χ1v) is 5.95. The molecule has 1 aliphatic carbocycles. The Morgan fingerprint density at radius 1 is 1.06 bits per heavy atom. The predicted molar refractivity (Wildman–Crippen MR) is 70.8 cm³/mol. The van der Waals surface area contributed by atoms with Crippen molar-refractivity contribution in [2.45, 2.75) is 26.2 Å². The summed E-state index contributed by atoms with van der Waals surface area (Å²) in [6.07, 6.45) is 5.72. The summed E-state index contributed by atoms with van der Waals surface area (Å²) in [5.74, 6) is 0.658. The van der Waals surface area contributed by atoms with E-state index < -0.39 is 0 Å². The van der Waals surface area contributed by atoms with Crippen molar-refractivity contribution >= 4 is 16.8 Å². The van der Waals surface area contributed by atoms with E-state index >= 15 is 0 Å². The van der Waals surface area contributed by atoms with Gasteiger partial charge in [-0.3, -0.25) is 0 Å². The molecule has 0 saturated heterocycles. The maximum absolute atomic E-state index is 2.36. The fourth-order valence-corrected chi connectivity index (χ4v) is 2.55. The molecule has 0 radical (unpaired) electrons. The Labute approximate surface area is 96.6 Å². The van der Waals surface area contributed by atoms with E-state index in [1.165, 1.54) is 33.9 Å². The van der Waals surface area contributed by atoms with Crippen LogP contribution >= 0.6 is 0 Å². The van der Waals surface area contributed by atoms with E-state index in [-0.39, 0.29) is 0 Å². The lowest BCUT2D eigenvalue weighted by Gasteiger charge is -2.18. The van der Waals surface area contributed by atoms with Crippen molar-refractivity contribution < 1.29 is 0 Å². The predicted octanol–water partition coefficient (Wildman–Crippen LogP) is 4.67. The van der Waals surface area contributed by atoms with Gasteiger partial charge in [0.2, 0.25) is 0 Å². The van der Waals surface area contributed by atoms with Crippen molar-refractivity contribution in [1.29, 1.82) is 0 Å². The summed E-state index contributed by atoms with van der Waals surface area (Å²) in [6.45, 7) is 4.46. The molecule has 0 N–H and O–H groups in total. The molecule has 2 aromatic carbocycles. The SMILES string of the molecule is Cc1ccc2cc3c(cc2c1)C=CC[C@@H]3C. The van der Waals surface area contributed by atoms with E-state index in [1.54, 1.807) is 0 Å². The van der Waals surface area contributed by atoms with Gasteiger partial charge in [0.25, 0.3) is 0 Å². The number of allylic oxidation sites excluding steroid dienone is 1. The summed E-state index contributed by atoms with van der Waals surface area (Å²) in [5, 5.41) is 2.73. The van der Waals surface area contributed by atoms with Gasteiger partial charge in [-0.2, -0.15) is 0 Å². The molecule has 80 valence electrons. The zero-order valence-electron chi connectivity index (χ0n) is 9.83. The molecule has 1 aliphatic rings. The van der Waals surface area contributed by atoms with Crippen LogP contribution in [0.1, 0.15) is 36.0 Å². The van der Waals surface area contributed by atoms with Crippen molar-refractivity contribution in [3.05, 3.63) is 53.1 Å². The van der Waals surface area contributed by atoms with E-state index in [9.17, 15) is 0 Å². The van der Waals surface area contributed by atoms with Crippen LogP contribution in [0.2, 0.25) is 0 Å². The molecule has 0 nitrogen and oxygen atoms in total. The van der Waals surface area contributed by atoms with Gasteiger partial charge in [-0.1, -0.05) is 48.9 Å². The summed E-state index contributed by atoms with van der Waals surface area (Å²) in [6, 6.07) is 11.4. The highest BCUT2D eigenvalue weighted by Gasteiger charge is 2.12. The highest BCUT2D eigenvalue weighted by Crippen LogP contribution is 2.32. The average molecular weight is 208 g/mol. The Morgan fingerprint density at radius 3 is 2.81 bits per heavy atom. The quantitative estimate of drug-likeness (QED) is 0.590. The Morgan fingerprint density at radius 2 is 1.94 bits per heavy atom. The Hall–Kier alpha value is -1.56. The fourth-order valence-electron chi connectivity index (χ4n) is 2.55. The molecule has 1 atom stereocenters. The number of rotatable bonds is 0. The van der Waals surface area contributed by atoms with Crippen molar-refractivity contribution in [3.8, 4) is 0 Å². The monoisotopic (exact) mass is 208 g/mol. The molecule has 0 heteroatoms. The summed E-state index contributed by atoms with van der Waals surface area (Å²) in [7, 11) is 0. The highest BCUT2D eigenvalue weighted by atomic mass is 14.2. The smallest absolute Gasteiger partial charge is 0.0150 e. The minimum Gasteiger partial charge on any atom is -0.0833 e. The van der Waals surface area contributed by atoms with E-state index in [4.69, 9.17) is 0 Å². The van der Waals surface area contributed by atoms with E-state index in [2.05, 4.69) is 56.3 Å². The first-order valence-electron chi connectivity index (χ1n) is 5.95. The molecule has 0 bridgehead atoms. The second-order valence-corrected chi connectivity index (χ2v) is 4.87. The van der Waals surface area contributed by atoms with Crippen molar-refractivity contribution in [2.24, 2.45) is 0 Å². The standard InChI is InChI=1S/C16H16/c1-11-6-7-13-10-16-12(2)4-3-5-14(16)9-15(13)8-11/h3,5-10,12H,4H2,1-2H3/t12-/m0/s1. The summed E-state index contributed by atoms with van der Waals surface area (Å²) in [4.78, 5) is 0. The molecular weight excluding hydrogens is 192 g/mol. The molecule has 0 saturated carbocycles. The highest BCUT2D eigenvalue weighted by molar-refractivity contribution is 5.87. The second kappa shape index (κ2) is 3.48. The van der Waals surface area contributed by atoms with Gasteiger partial charge in [0, 0.05) is 0 Å². The van der Waals surface area contributed by atoms with Gasteiger partial charge < -0.3 is 0 Å². The third-order valence-electron chi connectivity index (χ3n) is 3.52. The number of hydrogen-bond donors (Lipinski definition) is 0. The summed E-state index contributed by atoms with van der Waals surface area (Å²) < 4.78 is 0. The van der Waals surface area contributed by atoms with E-state index in [1.807, 2.05) is 0 Å². The molecule has 0 aromatic heterocycles. The van der Waals surface area contributed by atoms with Crippen molar-refractivity contribution in [3.63, 3.8) is 0 Å². The average Bonchev–Trinajstić information content (AvgIpc) is 2.27. The number of benzene rings is 2. The largest absolute Gasteiger partial charge is 0.0833 e. The minimum atomic E-state index is 0.658. The zero-order valence-corrected chi connectivity index (χ0v) is 9.83. The zero-order chi connectivity index (χ0) is 11.1. The Bertz CT molecular complexity index is 576. The van der Waals surface area contributed by atoms with Gasteiger partial charge in [0.05, 0.1) is 0 Å². The summed E-state index contributed by atoms with van der Waals surface area (Å²) in [5.41, 5.74) is 4.23. The van der Waals surface area contributed by atoms with Gasteiger partial charge in [0.15, 0.2) is 0 Å². The summed E-state index contributed by atoms with van der Waals surface area (Å²) >= 11 is 0. The Balaban J connectivity index is 2.31. The lowest BCUT2D eigenvalue weighted by atomic mass is 9.86. The topological polar surface area (TPSA) is 0 Å². The number of aryl methyl sites for hydroxylation is 1. The minimum absolute atomic E-state index is 0.658. The number of fused-ring (bicyclic) bond motifs is 2.